The molecule has 0 saturated carbocycles. The molecule has 0 aliphatic rings. The molecule has 0 fully saturated rings. The van der Waals surface area contributed by atoms with E-state index in [0.717, 1.165) is 38.5 Å². The predicted molar refractivity (Wildman–Crippen MR) is 93.3 cm³/mol. The standard InChI is InChI=1S/C17H33NO8/c19-11-12(20)14(23)15(24)16(25)17(26)18-10-8-6-4-2-1-3-5-7-9-13(21)22/h12,14-16,19-20,23-25H,1-11H2,(H,18,26)(H,21,22). The summed E-state index contributed by atoms with van der Waals surface area (Å²) in [5, 5.41) is 57.5. The summed E-state index contributed by atoms with van der Waals surface area (Å²) in [7, 11) is 0. The number of carbonyl (C=O) groups is 2. The van der Waals surface area contributed by atoms with E-state index in [2.05, 4.69) is 5.32 Å². The molecular formula is C17H33NO8. The largest absolute Gasteiger partial charge is 0.481 e. The fraction of sp³-hybridized carbons (Fsp3) is 0.882. The second-order valence-corrected chi connectivity index (χ2v) is 6.44. The van der Waals surface area contributed by atoms with Crippen molar-refractivity contribution in [3.63, 3.8) is 0 Å². The lowest BCUT2D eigenvalue weighted by molar-refractivity contribution is -0.148. The summed E-state index contributed by atoms with van der Waals surface area (Å²) in [4.78, 5) is 22.0. The Labute approximate surface area is 153 Å². The van der Waals surface area contributed by atoms with Gasteiger partial charge in [0.05, 0.1) is 6.61 Å². The van der Waals surface area contributed by atoms with Gasteiger partial charge in [0, 0.05) is 13.0 Å². The fourth-order valence-electron chi connectivity index (χ4n) is 2.46. The molecule has 0 heterocycles. The van der Waals surface area contributed by atoms with Crippen molar-refractivity contribution in [2.24, 2.45) is 0 Å². The van der Waals surface area contributed by atoms with E-state index in [1.165, 1.54) is 0 Å². The smallest absolute Gasteiger partial charge is 0.303 e. The lowest BCUT2D eigenvalue weighted by Crippen LogP contribution is -2.51. The van der Waals surface area contributed by atoms with E-state index in [1.54, 1.807) is 0 Å². The summed E-state index contributed by atoms with van der Waals surface area (Å²) in [6.07, 6.45) is 0.264. The quantitative estimate of drug-likeness (QED) is 0.170. The van der Waals surface area contributed by atoms with Gasteiger partial charge >= 0.3 is 5.97 Å². The maximum Gasteiger partial charge on any atom is 0.303 e. The first-order chi connectivity index (χ1) is 12.3. The summed E-state index contributed by atoms with van der Waals surface area (Å²) in [5.74, 6) is -1.61. The van der Waals surface area contributed by atoms with Crippen LogP contribution in [-0.4, -0.2) is 80.1 Å². The van der Waals surface area contributed by atoms with Gasteiger partial charge in [0.15, 0.2) is 6.10 Å². The van der Waals surface area contributed by atoms with E-state index in [4.69, 9.17) is 10.2 Å². The number of carboxylic acid groups (broad SMARTS) is 1. The molecule has 0 radical (unpaired) electrons. The molecule has 9 nitrogen and oxygen atoms in total. The summed E-state index contributed by atoms with van der Waals surface area (Å²) in [5.41, 5.74) is 0. The molecule has 4 unspecified atom stereocenters. The molecule has 0 bridgehead atoms. The summed E-state index contributed by atoms with van der Waals surface area (Å²) >= 11 is 0. The van der Waals surface area contributed by atoms with Gasteiger partial charge in [-0.1, -0.05) is 38.5 Å². The lowest BCUT2D eigenvalue weighted by Gasteiger charge is -2.24. The molecule has 0 aliphatic heterocycles. The third-order valence-corrected chi connectivity index (χ3v) is 4.14. The van der Waals surface area contributed by atoms with Gasteiger partial charge in [-0.25, -0.2) is 0 Å². The first-order valence-electron chi connectivity index (χ1n) is 9.13. The molecule has 7 N–H and O–H groups in total. The summed E-state index contributed by atoms with van der Waals surface area (Å²) in [6.45, 7) is -0.480. The zero-order chi connectivity index (χ0) is 19.9. The first-order valence-corrected chi connectivity index (χ1v) is 9.13. The third-order valence-electron chi connectivity index (χ3n) is 4.14. The molecule has 0 rings (SSSR count). The molecule has 0 aliphatic carbocycles. The number of carbonyl (C=O) groups excluding carboxylic acids is 1. The lowest BCUT2D eigenvalue weighted by atomic mass is 10.0. The topological polar surface area (TPSA) is 168 Å². The Kier molecular flexibility index (Phi) is 14.1. The number of aliphatic hydroxyl groups is 5. The Morgan fingerprint density at radius 2 is 1.27 bits per heavy atom. The fourth-order valence-corrected chi connectivity index (χ4v) is 2.46. The van der Waals surface area contributed by atoms with E-state index in [0.29, 0.717) is 19.4 Å². The van der Waals surface area contributed by atoms with Crippen LogP contribution in [0.15, 0.2) is 0 Å². The normalized spacial score (nSPS) is 15.9. The SMILES string of the molecule is O=C(O)CCCCCCCCCCNC(=O)C(O)C(O)C(O)C(O)CO. The highest BCUT2D eigenvalue weighted by Gasteiger charge is 2.33. The Bertz CT molecular complexity index is 393. The molecule has 0 aromatic carbocycles. The van der Waals surface area contributed by atoms with Crippen LogP contribution in [0.3, 0.4) is 0 Å². The van der Waals surface area contributed by atoms with Crippen molar-refractivity contribution in [2.45, 2.75) is 82.2 Å². The maximum atomic E-state index is 11.7. The van der Waals surface area contributed by atoms with Crippen LogP contribution in [0.2, 0.25) is 0 Å². The Morgan fingerprint density at radius 1 is 0.769 bits per heavy atom. The van der Waals surface area contributed by atoms with E-state index >= 15 is 0 Å². The van der Waals surface area contributed by atoms with Crippen molar-refractivity contribution in [1.29, 1.82) is 0 Å². The third kappa shape index (κ3) is 11.4. The van der Waals surface area contributed by atoms with Gasteiger partial charge in [-0.3, -0.25) is 9.59 Å². The molecule has 26 heavy (non-hydrogen) atoms. The van der Waals surface area contributed by atoms with Crippen LogP contribution < -0.4 is 5.32 Å². The van der Waals surface area contributed by atoms with Crippen molar-refractivity contribution in [3.05, 3.63) is 0 Å². The minimum atomic E-state index is -1.89. The Hall–Kier alpha value is -1.26. The number of hydrogen-bond donors (Lipinski definition) is 7. The van der Waals surface area contributed by atoms with Crippen LogP contribution in [-0.2, 0) is 9.59 Å². The molecule has 154 valence electrons. The van der Waals surface area contributed by atoms with Crippen LogP contribution in [0.5, 0.6) is 0 Å². The highest BCUT2D eigenvalue weighted by atomic mass is 16.4. The number of nitrogens with one attached hydrogen (secondary N) is 1. The van der Waals surface area contributed by atoms with Crippen molar-refractivity contribution in [3.8, 4) is 0 Å². The van der Waals surface area contributed by atoms with Gasteiger partial charge in [-0.05, 0) is 12.8 Å². The van der Waals surface area contributed by atoms with Crippen molar-refractivity contribution >= 4 is 11.9 Å². The number of carboxylic acids is 1. The minimum absolute atomic E-state index is 0.218. The Balaban J connectivity index is 3.65. The van der Waals surface area contributed by atoms with E-state index in [9.17, 15) is 30.0 Å². The Morgan fingerprint density at radius 3 is 1.77 bits per heavy atom. The molecule has 0 aromatic heterocycles. The molecule has 0 saturated heterocycles. The monoisotopic (exact) mass is 379 g/mol. The maximum absolute atomic E-state index is 11.7. The summed E-state index contributed by atoms with van der Waals surface area (Å²) < 4.78 is 0. The number of aliphatic carboxylic acids is 1. The highest BCUT2D eigenvalue weighted by molar-refractivity contribution is 5.81. The summed E-state index contributed by atoms with van der Waals surface area (Å²) in [6, 6.07) is 0. The average Bonchev–Trinajstić information content (AvgIpc) is 2.62. The molecule has 0 spiro atoms. The van der Waals surface area contributed by atoms with E-state index in [1.807, 2.05) is 0 Å². The van der Waals surface area contributed by atoms with Crippen molar-refractivity contribution < 1.29 is 40.2 Å². The number of aliphatic hydroxyl groups excluding tert-OH is 5. The van der Waals surface area contributed by atoms with Crippen LogP contribution in [0.4, 0.5) is 0 Å². The molecule has 0 aromatic rings. The van der Waals surface area contributed by atoms with E-state index < -0.39 is 42.9 Å². The first kappa shape index (κ1) is 24.7. The number of hydrogen-bond acceptors (Lipinski definition) is 7. The van der Waals surface area contributed by atoms with Crippen LogP contribution >= 0.6 is 0 Å². The van der Waals surface area contributed by atoms with Gasteiger partial charge in [-0.15, -0.1) is 0 Å². The average molecular weight is 379 g/mol. The minimum Gasteiger partial charge on any atom is -0.481 e. The van der Waals surface area contributed by atoms with Crippen LogP contribution in [0.1, 0.15) is 57.8 Å². The number of unbranched alkanes of at least 4 members (excludes halogenated alkanes) is 7. The zero-order valence-corrected chi connectivity index (χ0v) is 15.1. The van der Waals surface area contributed by atoms with Crippen molar-refractivity contribution in [1.82, 2.24) is 5.32 Å². The number of rotatable bonds is 16. The molecule has 9 heteroatoms. The van der Waals surface area contributed by atoms with Crippen molar-refractivity contribution in [2.75, 3.05) is 13.2 Å². The van der Waals surface area contributed by atoms with Gasteiger partial charge in [-0.2, -0.15) is 0 Å². The molecule has 1 amide bonds. The highest BCUT2D eigenvalue weighted by Crippen LogP contribution is 2.10. The van der Waals surface area contributed by atoms with Gasteiger partial charge in [0.25, 0.3) is 5.91 Å². The predicted octanol–water partition coefficient (Wildman–Crippen LogP) is -0.866. The molecular weight excluding hydrogens is 346 g/mol. The van der Waals surface area contributed by atoms with Gasteiger partial charge in [0.2, 0.25) is 0 Å². The van der Waals surface area contributed by atoms with Crippen LogP contribution in [0, 0.1) is 0 Å². The van der Waals surface area contributed by atoms with Crippen LogP contribution in [0.25, 0.3) is 0 Å². The second kappa shape index (κ2) is 14.9. The zero-order valence-electron chi connectivity index (χ0n) is 15.1. The second-order valence-electron chi connectivity index (χ2n) is 6.44. The van der Waals surface area contributed by atoms with Gasteiger partial charge in [0.1, 0.15) is 18.3 Å². The van der Waals surface area contributed by atoms with E-state index in [-0.39, 0.29) is 6.42 Å². The number of amides is 1. The van der Waals surface area contributed by atoms with Gasteiger partial charge < -0.3 is 36.0 Å². The molecule has 4 atom stereocenters.